The fraction of sp³-hybridized carbons (Fsp3) is 0.556. The second-order valence-corrected chi connectivity index (χ2v) is 3.07. The van der Waals surface area contributed by atoms with E-state index in [2.05, 4.69) is 16.0 Å². The summed E-state index contributed by atoms with van der Waals surface area (Å²) in [5.41, 5.74) is 0.772. The van der Waals surface area contributed by atoms with E-state index in [-0.39, 0.29) is 0 Å². The normalized spacial score (nSPS) is 13.6. The molecule has 0 aliphatic rings. The van der Waals surface area contributed by atoms with Crippen LogP contribution in [0.4, 0.5) is 0 Å². The number of rotatable bonds is 6. The molecule has 0 aromatic heterocycles. The minimum Gasteiger partial charge on any atom is -0.385 e. The Bertz CT molecular complexity index is 155. The third-order valence-corrected chi connectivity index (χ3v) is 1.69. The quantitative estimate of drug-likeness (QED) is 0.393. The molecule has 2 unspecified atom stereocenters. The molecule has 0 amide bonds. The molecule has 0 radical (unpaired) electrons. The van der Waals surface area contributed by atoms with Crippen molar-refractivity contribution in [2.45, 2.75) is 25.9 Å². The van der Waals surface area contributed by atoms with Crippen molar-refractivity contribution >= 4 is 9.47 Å². The van der Waals surface area contributed by atoms with Crippen LogP contribution < -0.4 is 0 Å². The molecule has 0 fully saturated rings. The third-order valence-electron chi connectivity index (χ3n) is 1.46. The lowest BCUT2D eigenvalue weighted by Crippen LogP contribution is -2.01. The molecular formula is C9H17O2P. The number of aliphatic hydroxyl groups excluding tert-OH is 1. The second-order valence-electron chi connectivity index (χ2n) is 2.73. The molecule has 70 valence electrons. The first-order valence-corrected chi connectivity index (χ1v) is 4.47. The molecule has 12 heavy (non-hydrogen) atoms. The van der Waals surface area contributed by atoms with Crippen LogP contribution in [-0.2, 0) is 4.52 Å². The lowest BCUT2D eigenvalue weighted by molar-refractivity contribution is 0.259. The molecule has 3 heteroatoms. The zero-order valence-corrected chi connectivity index (χ0v) is 8.65. The van der Waals surface area contributed by atoms with Crippen LogP contribution in [0.2, 0.25) is 0 Å². The molecule has 0 aliphatic carbocycles. The summed E-state index contributed by atoms with van der Waals surface area (Å²) in [7, 11) is 2.21. The maximum absolute atomic E-state index is 9.26. The highest BCUT2D eigenvalue weighted by molar-refractivity contribution is 7.09. The van der Waals surface area contributed by atoms with Gasteiger partial charge in [0, 0.05) is 9.47 Å². The van der Waals surface area contributed by atoms with Crippen molar-refractivity contribution in [3.63, 3.8) is 0 Å². The molecule has 2 atom stereocenters. The van der Waals surface area contributed by atoms with Crippen LogP contribution in [0.5, 0.6) is 0 Å². The summed E-state index contributed by atoms with van der Waals surface area (Å²) in [6.07, 6.45) is 5.11. The van der Waals surface area contributed by atoms with E-state index >= 15 is 0 Å². The van der Waals surface area contributed by atoms with Gasteiger partial charge < -0.3 is 9.63 Å². The first-order chi connectivity index (χ1) is 5.68. The summed E-state index contributed by atoms with van der Waals surface area (Å²) in [4.78, 5) is 0. The van der Waals surface area contributed by atoms with Crippen LogP contribution in [0.15, 0.2) is 24.3 Å². The molecule has 0 spiro atoms. The molecule has 0 saturated heterocycles. The summed E-state index contributed by atoms with van der Waals surface area (Å²) in [6, 6.07) is 0. The fourth-order valence-corrected chi connectivity index (χ4v) is 0.841. The Morgan fingerprint density at radius 3 is 2.92 bits per heavy atom. The van der Waals surface area contributed by atoms with Crippen LogP contribution in [0.1, 0.15) is 19.8 Å². The Morgan fingerprint density at radius 2 is 2.42 bits per heavy atom. The predicted molar refractivity (Wildman–Crippen MR) is 54.9 cm³/mol. The number of unbranched alkanes of at least 4 members (excludes halogenated alkanes) is 1. The third kappa shape index (κ3) is 6.53. The average molecular weight is 188 g/mol. The molecular weight excluding hydrogens is 171 g/mol. The summed E-state index contributed by atoms with van der Waals surface area (Å²) < 4.78 is 4.80. The zero-order valence-electron chi connectivity index (χ0n) is 7.49. The molecule has 0 saturated carbocycles. The van der Waals surface area contributed by atoms with Gasteiger partial charge in [0.25, 0.3) is 0 Å². The molecule has 0 rings (SSSR count). The minimum atomic E-state index is -0.498. The summed E-state index contributed by atoms with van der Waals surface area (Å²) in [5, 5.41) is 9.26. The van der Waals surface area contributed by atoms with E-state index in [1.165, 1.54) is 0 Å². The van der Waals surface area contributed by atoms with Gasteiger partial charge in [-0.3, -0.25) is 0 Å². The van der Waals surface area contributed by atoms with Crippen molar-refractivity contribution in [3.05, 3.63) is 24.3 Å². The second kappa shape index (κ2) is 7.48. The van der Waals surface area contributed by atoms with Gasteiger partial charge in [0.1, 0.15) is 0 Å². The minimum absolute atomic E-state index is 0.498. The van der Waals surface area contributed by atoms with E-state index in [0.29, 0.717) is 0 Å². The lowest BCUT2D eigenvalue weighted by atomic mass is 10.1. The lowest BCUT2D eigenvalue weighted by Gasteiger charge is -2.02. The smallest absolute Gasteiger partial charge is 0.0926 e. The number of allylic oxidation sites excluding steroid dienone is 1. The van der Waals surface area contributed by atoms with Gasteiger partial charge in [-0.2, -0.15) is 0 Å². The van der Waals surface area contributed by atoms with Gasteiger partial charge in [-0.05, 0) is 25.3 Å². The molecule has 0 heterocycles. The summed E-state index contributed by atoms with van der Waals surface area (Å²) in [5.74, 6) is 0. The first-order valence-electron chi connectivity index (χ1n) is 4.00. The van der Waals surface area contributed by atoms with Gasteiger partial charge in [-0.15, -0.1) is 0 Å². The van der Waals surface area contributed by atoms with Crippen molar-refractivity contribution < 1.29 is 9.63 Å². The number of aliphatic hydroxyl groups is 1. The fourth-order valence-electron chi connectivity index (χ4n) is 0.674. The Morgan fingerprint density at radius 1 is 1.75 bits per heavy atom. The van der Waals surface area contributed by atoms with E-state index in [9.17, 15) is 5.11 Å². The summed E-state index contributed by atoms with van der Waals surface area (Å²) in [6.45, 7) is 6.18. The highest BCUT2D eigenvalue weighted by atomic mass is 31.0. The molecule has 2 nitrogen and oxygen atoms in total. The maximum atomic E-state index is 9.26. The van der Waals surface area contributed by atoms with Gasteiger partial charge in [-0.1, -0.05) is 18.7 Å². The molecule has 0 bridgehead atoms. The Labute approximate surface area is 76.6 Å². The Kier molecular flexibility index (Phi) is 7.37. The van der Waals surface area contributed by atoms with Crippen molar-refractivity contribution in [1.29, 1.82) is 0 Å². The van der Waals surface area contributed by atoms with Crippen molar-refractivity contribution in [2.75, 3.05) is 6.61 Å². The van der Waals surface area contributed by atoms with Crippen LogP contribution >= 0.6 is 9.47 Å². The van der Waals surface area contributed by atoms with E-state index in [1.54, 1.807) is 13.0 Å². The molecule has 0 aromatic carbocycles. The number of hydrogen-bond donors (Lipinski definition) is 1. The van der Waals surface area contributed by atoms with Gasteiger partial charge in [0.2, 0.25) is 0 Å². The van der Waals surface area contributed by atoms with E-state index < -0.39 is 6.10 Å². The predicted octanol–water partition coefficient (Wildman–Crippen LogP) is 2.07. The largest absolute Gasteiger partial charge is 0.385 e. The van der Waals surface area contributed by atoms with Crippen LogP contribution in [0.25, 0.3) is 0 Å². The molecule has 0 aliphatic heterocycles. The van der Waals surface area contributed by atoms with E-state index in [0.717, 1.165) is 25.0 Å². The summed E-state index contributed by atoms with van der Waals surface area (Å²) >= 11 is 0. The van der Waals surface area contributed by atoms with Gasteiger partial charge in [0.05, 0.1) is 12.7 Å². The molecule has 1 N–H and O–H groups in total. The zero-order chi connectivity index (χ0) is 9.40. The highest BCUT2D eigenvalue weighted by Gasteiger charge is 1.96. The Hall–Kier alpha value is -0.170. The van der Waals surface area contributed by atoms with Crippen LogP contribution in [0, 0.1) is 0 Å². The SMILES string of the molecule is C=C(C)C(O)C=CCCCOP. The topological polar surface area (TPSA) is 29.5 Å². The average Bonchev–Trinajstić information content (AvgIpc) is 2.03. The van der Waals surface area contributed by atoms with E-state index in [1.807, 2.05) is 6.08 Å². The van der Waals surface area contributed by atoms with E-state index in [4.69, 9.17) is 4.52 Å². The Balaban J connectivity index is 3.41. The maximum Gasteiger partial charge on any atom is 0.0926 e. The van der Waals surface area contributed by atoms with Crippen molar-refractivity contribution in [2.24, 2.45) is 0 Å². The monoisotopic (exact) mass is 188 g/mol. The number of hydrogen-bond acceptors (Lipinski definition) is 2. The highest BCUT2D eigenvalue weighted by Crippen LogP contribution is 2.01. The first kappa shape index (κ1) is 11.8. The van der Waals surface area contributed by atoms with Gasteiger partial charge >= 0.3 is 0 Å². The molecule has 0 aromatic rings. The van der Waals surface area contributed by atoms with Gasteiger partial charge in [0.15, 0.2) is 0 Å². The van der Waals surface area contributed by atoms with Gasteiger partial charge in [-0.25, -0.2) is 0 Å². The van der Waals surface area contributed by atoms with Crippen LogP contribution in [0.3, 0.4) is 0 Å². The van der Waals surface area contributed by atoms with Crippen molar-refractivity contribution in [3.8, 4) is 0 Å². The van der Waals surface area contributed by atoms with Crippen LogP contribution in [-0.4, -0.2) is 17.8 Å². The standard InChI is InChI=1S/C9H17O2P/c1-8(2)9(10)6-4-3-5-7-11-12/h4,6,9-10H,1,3,5,7,12H2,2H3. The van der Waals surface area contributed by atoms with Crippen molar-refractivity contribution in [1.82, 2.24) is 0 Å².